The van der Waals surface area contributed by atoms with Crippen molar-refractivity contribution in [1.29, 1.82) is 5.26 Å². The van der Waals surface area contributed by atoms with Crippen LogP contribution >= 0.6 is 11.6 Å². The highest BCUT2D eigenvalue weighted by atomic mass is 35.5. The van der Waals surface area contributed by atoms with Crippen LogP contribution in [0.15, 0.2) is 12.1 Å². The van der Waals surface area contributed by atoms with Gasteiger partial charge in [-0.3, -0.25) is 4.79 Å². The number of halogens is 1. The average molecular weight is 267 g/mol. The third-order valence-corrected chi connectivity index (χ3v) is 2.98. The number of aromatic nitrogens is 1. The molecule has 1 aromatic heterocycles. The van der Waals surface area contributed by atoms with Crippen LogP contribution in [-0.2, 0) is 0 Å². The Morgan fingerprint density at radius 2 is 2.33 bits per heavy atom. The number of nitrogens with zero attached hydrogens (tertiary/aromatic N) is 3. The van der Waals surface area contributed by atoms with Crippen LogP contribution in [0.4, 0.5) is 5.82 Å². The number of nitrogens with one attached hydrogen (secondary N) is 1. The van der Waals surface area contributed by atoms with Gasteiger partial charge in [0, 0.05) is 20.1 Å². The van der Waals surface area contributed by atoms with Gasteiger partial charge >= 0.3 is 0 Å². The summed E-state index contributed by atoms with van der Waals surface area (Å²) in [7, 11) is 3.35. The number of nitriles is 1. The molecule has 1 atom stereocenters. The molecule has 18 heavy (non-hydrogen) atoms. The Morgan fingerprint density at radius 1 is 1.67 bits per heavy atom. The largest absolute Gasteiger partial charge is 0.373 e. The lowest BCUT2D eigenvalue weighted by atomic mass is 10.2. The first-order valence-corrected chi connectivity index (χ1v) is 5.87. The Labute approximate surface area is 111 Å². The van der Waals surface area contributed by atoms with Crippen molar-refractivity contribution in [3.63, 3.8) is 0 Å². The first-order valence-electron chi connectivity index (χ1n) is 5.49. The van der Waals surface area contributed by atoms with Gasteiger partial charge in [-0.1, -0.05) is 11.6 Å². The van der Waals surface area contributed by atoms with E-state index < -0.39 is 0 Å². The molecule has 1 amide bonds. The fourth-order valence-corrected chi connectivity index (χ4v) is 1.55. The van der Waals surface area contributed by atoms with Crippen LogP contribution in [0.5, 0.6) is 0 Å². The zero-order chi connectivity index (χ0) is 13.7. The first kappa shape index (κ1) is 14.3. The van der Waals surface area contributed by atoms with E-state index in [1.54, 1.807) is 33.2 Å². The summed E-state index contributed by atoms with van der Waals surface area (Å²) in [6.45, 7) is 1.80. The van der Waals surface area contributed by atoms with E-state index in [2.05, 4.69) is 10.3 Å². The Kier molecular flexibility index (Phi) is 4.93. The molecule has 0 spiro atoms. The summed E-state index contributed by atoms with van der Waals surface area (Å²) in [5, 5.41) is 11.8. The number of hydrogen-bond acceptors (Lipinski definition) is 4. The van der Waals surface area contributed by atoms with Crippen molar-refractivity contribution >= 4 is 23.3 Å². The van der Waals surface area contributed by atoms with E-state index in [0.717, 1.165) is 0 Å². The molecule has 5 nitrogen and oxygen atoms in total. The van der Waals surface area contributed by atoms with Crippen LogP contribution in [-0.4, -0.2) is 35.9 Å². The average Bonchev–Trinajstić information content (AvgIpc) is 2.38. The minimum Gasteiger partial charge on any atom is -0.373 e. The van der Waals surface area contributed by atoms with Gasteiger partial charge in [-0.2, -0.15) is 5.26 Å². The molecule has 0 saturated carbocycles. The van der Waals surface area contributed by atoms with Gasteiger partial charge in [0.2, 0.25) is 0 Å². The summed E-state index contributed by atoms with van der Waals surface area (Å²) in [6, 6.07) is 5.16. The van der Waals surface area contributed by atoms with Crippen LogP contribution < -0.4 is 5.32 Å². The Bertz CT molecular complexity index is 483. The topological polar surface area (TPSA) is 69.0 Å². The lowest BCUT2D eigenvalue weighted by molar-refractivity contribution is 0.0740. The number of rotatable bonds is 4. The van der Waals surface area contributed by atoms with Gasteiger partial charge in [0.15, 0.2) is 0 Å². The third kappa shape index (κ3) is 3.11. The Balaban J connectivity index is 3.00. The number of carbonyl (C=O) groups is 1. The fraction of sp³-hybridized carbons (Fsp3) is 0.417. The molecule has 0 saturated heterocycles. The minimum atomic E-state index is -0.292. The quantitative estimate of drug-likeness (QED) is 0.907. The number of hydrogen-bond donors (Lipinski definition) is 1. The molecular weight excluding hydrogens is 252 g/mol. The molecule has 0 aliphatic carbocycles. The predicted octanol–water partition coefficient (Wildman–Crippen LogP) is 2.15. The van der Waals surface area contributed by atoms with Gasteiger partial charge in [-0.15, -0.1) is 0 Å². The fourth-order valence-electron chi connectivity index (χ4n) is 1.37. The standard InChI is InChI=1S/C12H15ClN4O/c1-8(6-7-14)17(3)12(18)11-9(13)4-5-10(15-2)16-11/h4-5,8H,6H2,1-3H3,(H,15,16). The lowest BCUT2D eigenvalue weighted by Gasteiger charge is -2.23. The molecule has 6 heteroatoms. The molecule has 1 heterocycles. The van der Waals surface area contributed by atoms with Crippen molar-refractivity contribution in [2.75, 3.05) is 19.4 Å². The van der Waals surface area contributed by atoms with Gasteiger partial charge < -0.3 is 10.2 Å². The number of anilines is 1. The van der Waals surface area contributed by atoms with E-state index in [-0.39, 0.29) is 24.1 Å². The van der Waals surface area contributed by atoms with E-state index in [9.17, 15) is 4.79 Å². The Hall–Kier alpha value is -1.80. The van der Waals surface area contributed by atoms with Crippen LogP contribution in [0.25, 0.3) is 0 Å². The Morgan fingerprint density at radius 3 is 2.89 bits per heavy atom. The minimum absolute atomic E-state index is 0.182. The van der Waals surface area contributed by atoms with Crippen molar-refractivity contribution in [2.24, 2.45) is 0 Å². The number of carbonyl (C=O) groups excluding carboxylic acids is 1. The molecule has 0 aromatic carbocycles. The molecular formula is C12H15ClN4O. The molecule has 0 aliphatic rings. The molecule has 1 N–H and O–H groups in total. The molecule has 0 bridgehead atoms. The van der Waals surface area contributed by atoms with Gasteiger partial charge in [-0.25, -0.2) is 4.98 Å². The van der Waals surface area contributed by atoms with Gasteiger partial charge in [0.25, 0.3) is 5.91 Å². The molecule has 1 aromatic rings. The van der Waals surface area contributed by atoms with Crippen LogP contribution in [0.2, 0.25) is 5.02 Å². The second-order valence-electron chi connectivity index (χ2n) is 3.90. The van der Waals surface area contributed by atoms with E-state index in [1.807, 2.05) is 6.07 Å². The highest BCUT2D eigenvalue weighted by Gasteiger charge is 2.21. The third-order valence-electron chi connectivity index (χ3n) is 2.67. The van der Waals surface area contributed by atoms with E-state index in [4.69, 9.17) is 16.9 Å². The summed E-state index contributed by atoms with van der Waals surface area (Å²) >= 11 is 5.97. The maximum Gasteiger partial charge on any atom is 0.274 e. The van der Waals surface area contributed by atoms with Crippen molar-refractivity contribution in [3.05, 3.63) is 22.8 Å². The maximum atomic E-state index is 12.2. The van der Waals surface area contributed by atoms with Crippen molar-refractivity contribution in [2.45, 2.75) is 19.4 Å². The van der Waals surface area contributed by atoms with E-state index in [0.29, 0.717) is 10.8 Å². The maximum absolute atomic E-state index is 12.2. The summed E-state index contributed by atoms with van der Waals surface area (Å²) in [6.07, 6.45) is 0.269. The van der Waals surface area contributed by atoms with Crippen LogP contribution in [0, 0.1) is 11.3 Å². The van der Waals surface area contributed by atoms with E-state index >= 15 is 0 Å². The van der Waals surface area contributed by atoms with Gasteiger partial charge in [-0.05, 0) is 19.1 Å². The summed E-state index contributed by atoms with van der Waals surface area (Å²) in [5.74, 6) is 0.281. The second kappa shape index (κ2) is 6.22. The van der Waals surface area contributed by atoms with Crippen molar-refractivity contribution in [3.8, 4) is 6.07 Å². The predicted molar refractivity (Wildman–Crippen MR) is 70.6 cm³/mol. The highest BCUT2D eigenvalue weighted by molar-refractivity contribution is 6.33. The van der Waals surface area contributed by atoms with Crippen LogP contribution in [0.1, 0.15) is 23.8 Å². The normalized spacial score (nSPS) is 11.5. The van der Waals surface area contributed by atoms with E-state index in [1.165, 1.54) is 4.90 Å². The number of amides is 1. The summed E-state index contributed by atoms with van der Waals surface area (Å²) in [4.78, 5) is 17.8. The summed E-state index contributed by atoms with van der Waals surface area (Å²) in [5.41, 5.74) is 0.191. The van der Waals surface area contributed by atoms with Crippen molar-refractivity contribution in [1.82, 2.24) is 9.88 Å². The SMILES string of the molecule is CNc1ccc(Cl)c(C(=O)N(C)C(C)CC#N)n1. The monoisotopic (exact) mass is 266 g/mol. The molecule has 0 radical (unpaired) electrons. The first-order chi connectivity index (χ1) is 8.51. The van der Waals surface area contributed by atoms with Gasteiger partial charge in [0.05, 0.1) is 17.5 Å². The molecule has 96 valence electrons. The number of pyridine rings is 1. The zero-order valence-corrected chi connectivity index (χ0v) is 11.3. The zero-order valence-electron chi connectivity index (χ0n) is 10.6. The van der Waals surface area contributed by atoms with Crippen LogP contribution in [0.3, 0.4) is 0 Å². The smallest absolute Gasteiger partial charge is 0.274 e. The molecule has 1 unspecified atom stereocenters. The van der Waals surface area contributed by atoms with Crippen molar-refractivity contribution < 1.29 is 4.79 Å². The van der Waals surface area contributed by atoms with Gasteiger partial charge in [0.1, 0.15) is 11.5 Å². The molecule has 1 rings (SSSR count). The second-order valence-corrected chi connectivity index (χ2v) is 4.31. The summed E-state index contributed by atoms with van der Waals surface area (Å²) < 4.78 is 0. The highest BCUT2D eigenvalue weighted by Crippen LogP contribution is 2.19. The molecule has 0 fully saturated rings. The lowest BCUT2D eigenvalue weighted by Crippen LogP contribution is -2.35. The molecule has 0 aliphatic heterocycles.